The molecule has 3 heterocycles. The van der Waals surface area contributed by atoms with Crippen molar-refractivity contribution < 1.29 is 14.6 Å². The normalized spacial score (nSPS) is 27.9. The Morgan fingerprint density at radius 3 is 2.69 bits per heavy atom. The number of hydrogen-bond acceptors (Lipinski definition) is 5. The summed E-state index contributed by atoms with van der Waals surface area (Å²) < 4.78 is 14.0. The van der Waals surface area contributed by atoms with Crippen LogP contribution in [-0.4, -0.2) is 40.2 Å². The average molecular weight is 537 g/mol. The fourth-order valence-electron chi connectivity index (χ4n) is 7.94. The third kappa shape index (κ3) is 3.12. The Morgan fingerprint density at radius 2 is 1.87 bits per heavy atom. The van der Waals surface area contributed by atoms with Gasteiger partial charge in [-0.15, -0.1) is 0 Å². The number of likely N-dealkylation sites (N-methyl/N-ethyl adjacent to an activating group) is 1. The van der Waals surface area contributed by atoms with E-state index in [4.69, 9.17) is 26.1 Å². The molecule has 4 aromatic rings. The molecule has 0 amide bonds. The molecule has 1 saturated heterocycles. The number of rotatable bonds is 4. The number of likely N-dealkylation sites (tertiary alicyclic amines) is 1. The van der Waals surface area contributed by atoms with Crippen molar-refractivity contribution in [3.05, 3.63) is 112 Å². The maximum Gasteiger partial charge on any atom is 0.166 e. The van der Waals surface area contributed by atoms with Gasteiger partial charge in [0, 0.05) is 34.8 Å². The SMILES string of the molecule is CN1CC[C@]23c4c5ccc(O)c4O[C@H]2c2ncc(-c4ccc(Cl)cc4)cc2C[C@@]3(OCc2ccccc2)[C@H]1C5. The fourth-order valence-corrected chi connectivity index (χ4v) is 8.07. The molecule has 6 heteroatoms. The Morgan fingerprint density at radius 1 is 1.05 bits per heavy atom. The van der Waals surface area contributed by atoms with E-state index in [0.717, 1.165) is 59.3 Å². The fraction of sp³-hybridized carbons (Fsp3) is 0.303. The lowest BCUT2D eigenvalue weighted by atomic mass is 9.48. The number of pyridine rings is 1. The first kappa shape index (κ1) is 23.5. The van der Waals surface area contributed by atoms with Gasteiger partial charge in [-0.05, 0) is 73.0 Å². The summed E-state index contributed by atoms with van der Waals surface area (Å²) in [5.41, 5.74) is 6.80. The number of hydrogen-bond donors (Lipinski definition) is 1. The van der Waals surface area contributed by atoms with E-state index >= 15 is 0 Å². The maximum absolute atomic E-state index is 11.0. The molecule has 8 rings (SSSR count). The van der Waals surface area contributed by atoms with E-state index in [-0.39, 0.29) is 17.9 Å². The van der Waals surface area contributed by atoms with Crippen molar-refractivity contribution in [2.45, 2.75) is 49.0 Å². The summed E-state index contributed by atoms with van der Waals surface area (Å²) in [5.74, 6) is 0.816. The summed E-state index contributed by atoms with van der Waals surface area (Å²) in [7, 11) is 2.22. The number of aromatic hydroxyl groups is 1. The Balaban J connectivity index is 1.35. The van der Waals surface area contributed by atoms with Gasteiger partial charge < -0.3 is 19.5 Å². The summed E-state index contributed by atoms with van der Waals surface area (Å²) in [6.07, 6.45) is 4.08. The Hall–Kier alpha value is -3.38. The van der Waals surface area contributed by atoms with Crippen LogP contribution in [-0.2, 0) is 29.6 Å². The van der Waals surface area contributed by atoms with Gasteiger partial charge in [-0.3, -0.25) is 4.98 Å². The van der Waals surface area contributed by atoms with Gasteiger partial charge in [0.05, 0.1) is 17.7 Å². The lowest BCUT2D eigenvalue weighted by Crippen LogP contribution is -2.74. The predicted molar refractivity (Wildman–Crippen MR) is 150 cm³/mol. The van der Waals surface area contributed by atoms with Gasteiger partial charge in [0.25, 0.3) is 0 Å². The number of fused-ring (bicyclic) bond motifs is 2. The smallest absolute Gasteiger partial charge is 0.166 e. The number of aromatic nitrogens is 1. The van der Waals surface area contributed by atoms with Gasteiger partial charge in [0.2, 0.25) is 0 Å². The summed E-state index contributed by atoms with van der Waals surface area (Å²) >= 11 is 6.17. The quantitative estimate of drug-likeness (QED) is 0.334. The molecule has 1 spiro atoms. The Kier molecular flexibility index (Phi) is 5.01. The van der Waals surface area contributed by atoms with Crippen LogP contribution < -0.4 is 4.74 Å². The predicted octanol–water partition coefficient (Wildman–Crippen LogP) is 6.25. The van der Waals surface area contributed by atoms with Gasteiger partial charge in [-0.25, -0.2) is 0 Å². The molecule has 2 aliphatic heterocycles. The first-order valence-electron chi connectivity index (χ1n) is 13.6. The van der Waals surface area contributed by atoms with Crippen LogP contribution in [0.2, 0.25) is 5.02 Å². The van der Waals surface area contributed by atoms with E-state index < -0.39 is 11.0 Å². The van der Waals surface area contributed by atoms with Crippen LogP contribution in [0.25, 0.3) is 11.1 Å². The second-order valence-corrected chi connectivity index (χ2v) is 11.9. The van der Waals surface area contributed by atoms with Crippen LogP contribution in [0.5, 0.6) is 11.5 Å². The molecule has 1 fully saturated rings. The molecule has 2 bridgehead atoms. The Labute approximate surface area is 233 Å². The van der Waals surface area contributed by atoms with Gasteiger partial charge >= 0.3 is 0 Å². The molecular formula is C33H29ClN2O3. The minimum atomic E-state index is -0.542. The highest BCUT2D eigenvalue weighted by molar-refractivity contribution is 6.30. The van der Waals surface area contributed by atoms with Crippen LogP contribution in [0.15, 0.2) is 79.0 Å². The van der Waals surface area contributed by atoms with Crippen molar-refractivity contribution in [2.24, 2.45) is 0 Å². The van der Waals surface area contributed by atoms with Gasteiger partial charge in [-0.2, -0.15) is 0 Å². The van der Waals surface area contributed by atoms with Gasteiger partial charge in [0.15, 0.2) is 17.6 Å². The van der Waals surface area contributed by atoms with Gasteiger partial charge in [0.1, 0.15) is 5.60 Å². The molecule has 3 aromatic carbocycles. The van der Waals surface area contributed by atoms with Crippen molar-refractivity contribution in [2.75, 3.05) is 13.6 Å². The zero-order chi connectivity index (χ0) is 26.4. The van der Waals surface area contributed by atoms with Crippen molar-refractivity contribution in [1.82, 2.24) is 9.88 Å². The molecule has 39 heavy (non-hydrogen) atoms. The maximum atomic E-state index is 11.0. The third-order valence-corrected chi connectivity index (χ3v) is 9.92. The summed E-state index contributed by atoms with van der Waals surface area (Å²) in [4.78, 5) is 7.54. The van der Waals surface area contributed by atoms with Crippen molar-refractivity contribution in [1.29, 1.82) is 0 Å². The van der Waals surface area contributed by atoms with E-state index in [9.17, 15) is 5.11 Å². The van der Waals surface area contributed by atoms with Crippen LogP contribution in [0, 0.1) is 0 Å². The topological polar surface area (TPSA) is 54.8 Å². The number of benzene rings is 3. The minimum absolute atomic E-state index is 0.163. The highest BCUT2D eigenvalue weighted by Gasteiger charge is 2.73. The van der Waals surface area contributed by atoms with Crippen LogP contribution in [0.3, 0.4) is 0 Å². The molecule has 0 radical (unpaired) electrons. The molecular weight excluding hydrogens is 508 g/mol. The molecule has 0 unspecified atom stereocenters. The van der Waals surface area contributed by atoms with E-state index in [0.29, 0.717) is 17.4 Å². The highest BCUT2D eigenvalue weighted by Crippen LogP contribution is 2.69. The van der Waals surface area contributed by atoms with Crippen molar-refractivity contribution in [3.8, 4) is 22.6 Å². The first-order valence-corrected chi connectivity index (χ1v) is 14.0. The molecule has 1 N–H and O–H groups in total. The minimum Gasteiger partial charge on any atom is -0.504 e. The third-order valence-electron chi connectivity index (χ3n) is 9.67. The monoisotopic (exact) mass is 536 g/mol. The molecule has 2 aliphatic carbocycles. The number of halogens is 1. The van der Waals surface area contributed by atoms with Gasteiger partial charge in [-0.1, -0.05) is 60.1 Å². The van der Waals surface area contributed by atoms with Crippen LogP contribution in [0.1, 0.15) is 40.5 Å². The summed E-state index contributed by atoms with van der Waals surface area (Å²) in [5, 5.41) is 11.7. The van der Waals surface area contributed by atoms with E-state index in [1.807, 2.05) is 36.5 Å². The summed E-state index contributed by atoms with van der Waals surface area (Å²) in [6.45, 7) is 1.45. The first-order chi connectivity index (χ1) is 19.0. The number of nitrogens with zero attached hydrogens (tertiary/aromatic N) is 2. The average Bonchev–Trinajstić information content (AvgIpc) is 3.32. The molecule has 4 atom stereocenters. The molecule has 1 aromatic heterocycles. The molecule has 196 valence electrons. The molecule has 0 saturated carbocycles. The zero-order valence-corrected chi connectivity index (χ0v) is 22.5. The summed E-state index contributed by atoms with van der Waals surface area (Å²) in [6, 6.07) is 24.6. The lowest BCUT2D eigenvalue weighted by Gasteiger charge is -2.64. The van der Waals surface area contributed by atoms with E-state index in [2.05, 4.69) is 48.3 Å². The second kappa shape index (κ2) is 8.31. The molecule has 5 nitrogen and oxygen atoms in total. The number of phenols is 1. The highest BCUT2D eigenvalue weighted by atomic mass is 35.5. The zero-order valence-electron chi connectivity index (χ0n) is 21.7. The largest absolute Gasteiger partial charge is 0.504 e. The number of piperidine rings is 1. The molecule has 4 aliphatic rings. The Bertz CT molecular complexity index is 1610. The lowest BCUT2D eigenvalue weighted by molar-refractivity contribution is -0.207. The number of phenolic OH excluding ortho intramolecular Hbond substituents is 1. The van der Waals surface area contributed by atoms with Crippen molar-refractivity contribution in [3.63, 3.8) is 0 Å². The van der Waals surface area contributed by atoms with E-state index in [1.165, 1.54) is 5.56 Å². The van der Waals surface area contributed by atoms with Crippen LogP contribution >= 0.6 is 11.6 Å². The standard InChI is InChI=1S/C33H29ClN2O3/c1-36-14-13-32-28-22-9-12-26(37)30(28)39-31(32)29-23(15-24(18-35-29)21-7-10-25(34)11-8-21)17-33(32,27(36)16-22)38-19-20-5-3-2-4-6-20/h2-12,15,18,27,31,37H,13-14,16-17,19H2,1H3/t27-,31+,32+,33-/m1/s1. The number of ether oxygens (including phenoxy) is 2. The second-order valence-electron chi connectivity index (χ2n) is 11.5. The van der Waals surface area contributed by atoms with Crippen LogP contribution in [0.4, 0.5) is 0 Å². The van der Waals surface area contributed by atoms with Crippen molar-refractivity contribution >= 4 is 11.6 Å². The van der Waals surface area contributed by atoms with E-state index in [1.54, 1.807) is 6.07 Å².